The highest BCUT2D eigenvalue weighted by molar-refractivity contribution is 7.17. The summed E-state index contributed by atoms with van der Waals surface area (Å²) >= 11 is 7.42. The fourth-order valence-corrected chi connectivity index (χ4v) is 4.96. The molecule has 1 aliphatic heterocycles. The van der Waals surface area contributed by atoms with Gasteiger partial charge in [0.15, 0.2) is 5.13 Å². The van der Waals surface area contributed by atoms with Crippen LogP contribution in [-0.4, -0.2) is 45.8 Å². The van der Waals surface area contributed by atoms with Crippen molar-refractivity contribution in [2.24, 2.45) is 0 Å². The molecular formula is C19H21ClN4O4S. The van der Waals surface area contributed by atoms with Gasteiger partial charge < -0.3 is 24.3 Å². The first-order chi connectivity index (χ1) is 13.9. The SMILES string of the molecule is COCc1nc(N2CCC(n3ccc4c(Cl)c(C)[nH]c4c3=O)CC2)sc1C(=O)O. The van der Waals surface area contributed by atoms with Crippen molar-refractivity contribution in [2.75, 3.05) is 25.1 Å². The summed E-state index contributed by atoms with van der Waals surface area (Å²) in [6, 6.07) is 1.95. The monoisotopic (exact) mass is 436 g/mol. The number of piperidine rings is 1. The van der Waals surface area contributed by atoms with Crippen LogP contribution in [-0.2, 0) is 11.3 Å². The lowest BCUT2D eigenvalue weighted by atomic mass is 10.0. The number of carbonyl (C=O) groups is 1. The Labute approximate surface area is 175 Å². The minimum Gasteiger partial charge on any atom is -0.477 e. The topological polar surface area (TPSA) is 100 Å². The first-order valence-electron chi connectivity index (χ1n) is 9.26. The Bertz CT molecular complexity index is 1130. The summed E-state index contributed by atoms with van der Waals surface area (Å²) in [5, 5.41) is 11.4. The van der Waals surface area contributed by atoms with E-state index in [-0.39, 0.29) is 23.1 Å². The minimum atomic E-state index is -0.990. The lowest BCUT2D eigenvalue weighted by Gasteiger charge is -2.32. The van der Waals surface area contributed by atoms with E-state index in [2.05, 4.69) is 14.9 Å². The molecule has 1 aliphatic rings. The van der Waals surface area contributed by atoms with Crippen molar-refractivity contribution in [3.8, 4) is 0 Å². The number of aryl methyl sites for hydroxylation is 1. The maximum absolute atomic E-state index is 12.9. The molecule has 3 aromatic rings. The number of carboxylic acid groups (broad SMARTS) is 1. The number of ether oxygens (including phenoxy) is 1. The molecule has 8 nitrogen and oxygen atoms in total. The van der Waals surface area contributed by atoms with Gasteiger partial charge in [-0.1, -0.05) is 22.9 Å². The number of hydrogen-bond acceptors (Lipinski definition) is 6. The molecule has 3 aromatic heterocycles. The zero-order chi connectivity index (χ0) is 20.7. The van der Waals surface area contributed by atoms with E-state index >= 15 is 0 Å². The van der Waals surface area contributed by atoms with Crippen molar-refractivity contribution in [3.05, 3.63) is 43.9 Å². The predicted octanol–water partition coefficient (Wildman–Crippen LogP) is 3.43. The molecule has 0 bridgehead atoms. The number of nitrogens with zero attached hydrogens (tertiary/aromatic N) is 3. The Kier molecular flexibility index (Phi) is 5.37. The third-order valence-electron chi connectivity index (χ3n) is 5.29. The van der Waals surface area contributed by atoms with Crippen molar-refractivity contribution in [3.63, 3.8) is 0 Å². The number of thiazole rings is 1. The Balaban J connectivity index is 1.54. The first kappa shape index (κ1) is 19.9. The molecule has 0 atom stereocenters. The van der Waals surface area contributed by atoms with E-state index in [1.807, 2.05) is 19.2 Å². The number of rotatable bonds is 5. The summed E-state index contributed by atoms with van der Waals surface area (Å²) in [5.74, 6) is -0.990. The molecule has 1 saturated heterocycles. The number of pyridine rings is 1. The normalized spacial score (nSPS) is 15.3. The summed E-state index contributed by atoms with van der Waals surface area (Å²) in [7, 11) is 1.52. The van der Waals surface area contributed by atoms with E-state index in [9.17, 15) is 14.7 Å². The van der Waals surface area contributed by atoms with Crippen LogP contribution in [0.2, 0.25) is 5.02 Å². The van der Waals surface area contributed by atoms with Gasteiger partial charge in [0.25, 0.3) is 5.56 Å². The molecule has 0 radical (unpaired) electrons. The molecular weight excluding hydrogens is 416 g/mol. The third-order valence-corrected chi connectivity index (χ3v) is 6.92. The van der Waals surface area contributed by atoms with Crippen LogP contribution < -0.4 is 10.5 Å². The van der Waals surface area contributed by atoms with Crippen molar-refractivity contribution < 1.29 is 14.6 Å². The molecule has 1 fully saturated rings. The smallest absolute Gasteiger partial charge is 0.347 e. The van der Waals surface area contributed by atoms with Gasteiger partial charge in [-0.2, -0.15) is 0 Å². The van der Waals surface area contributed by atoms with E-state index < -0.39 is 5.97 Å². The zero-order valence-electron chi connectivity index (χ0n) is 16.1. The van der Waals surface area contributed by atoms with Crippen LogP contribution >= 0.6 is 22.9 Å². The summed E-state index contributed by atoms with van der Waals surface area (Å²) in [5.41, 5.74) is 1.70. The van der Waals surface area contributed by atoms with Gasteiger partial charge in [0.2, 0.25) is 0 Å². The number of aromatic carboxylic acids is 1. The number of fused-ring (bicyclic) bond motifs is 1. The Morgan fingerprint density at radius 1 is 1.45 bits per heavy atom. The summed E-state index contributed by atoms with van der Waals surface area (Å²) in [6.45, 7) is 3.40. The molecule has 10 heteroatoms. The van der Waals surface area contributed by atoms with Gasteiger partial charge in [-0.05, 0) is 25.8 Å². The maximum Gasteiger partial charge on any atom is 0.347 e. The number of anilines is 1. The highest BCUT2D eigenvalue weighted by Crippen LogP contribution is 2.32. The first-order valence-corrected chi connectivity index (χ1v) is 10.5. The van der Waals surface area contributed by atoms with Crippen LogP contribution in [0.3, 0.4) is 0 Å². The highest BCUT2D eigenvalue weighted by Gasteiger charge is 2.26. The number of nitrogens with one attached hydrogen (secondary N) is 1. The van der Waals surface area contributed by atoms with E-state index in [4.69, 9.17) is 16.3 Å². The fourth-order valence-electron chi connectivity index (χ4n) is 3.80. The number of halogens is 1. The van der Waals surface area contributed by atoms with Crippen molar-refractivity contribution in [1.29, 1.82) is 0 Å². The van der Waals surface area contributed by atoms with Gasteiger partial charge in [0, 0.05) is 43.5 Å². The molecule has 29 heavy (non-hydrogen) atoms. The Morgan fingerprint density at radius 3 is 2.83 bits per heavy atom. The maximum atomic E-state index is 12.9. The number of carboxylic acids is 1. The van der Waals surface area contributed by atoms with Crippen LogP contribution in [0.25, 0.3) is 10.9 Å². The summed E-state index contributed by atoms with van der Waals surface area (Å²) in [4.78, 5) is 34.2. The molecule has 0 saturated carbocycles. The van der Waals surface area contributed by atoms with Gasteiger partial charge in [0.05, 0.1) is 17.3 Å². The second-order valence-corrected chi connectivity index (χ2v) is 8.46. The quantitative estimate of drug-likeness (QED) is 0.635. The number of hydrogen-bond donors (Lipinski definition) is 2. The summed E-state index contributed by atoms with van der Waals surface area (Å²) < 4.78 is 6.84. The van der Waals surface area contributed by atoms with E-state index in [1.165, 1.54) is 18.4 Å². The lowest BCUT2D eigenvalue weighted by molar-refractivity contribution is 0.0697. The molecule has 154 valence electrons. The molecule has 2 N–H and O–H groups in total. The zero-order valence-corrected chi connectivity index (χ0v) is 17.6. The second kappa shape index (κ2) is 7.81. The average Bonchev–Trinajstić information content (AvgIpc) is 3.25. The molecule has 0 spiro atoms. The third kappa shape index (κ3) is 3.54. The van der Waals surface area contributed by atoms with Crippen LogP contribution in [0.5, 0.6) is 0 Å². The summed E-state index contributed by atoms with van der Waals surface area (Å²) in [6.07, 6.45) is 3.34. The predicted molar refractivity (Wildman–Crippen MR) is 113 cm³/mol. The Morgan fingerprint density at radius 2 is 2.17 bits per heavy atom. The number of H-pyrrole nitrogens is 1. The number of methoxy groups -OCH3 is 1. The lowest BCUT2D eigenvalue weighted by Crippen LogP contribution is -2.37. The standard InChI is InChI=1S/C19H21ClN4O4S/c1-10-14(20)12-5-8-24(17(25)15(12)21-10)11-3-6-23(7-4-11)19-22-13(9-28-2)16(29-19)18(26)27/h5,8,11,21H,3-4,6-7,9H2,1-2H3,(H,26,27). The average molecular weight is 437 g/mol. The number of aromatic nitrogens is 3. The molecule has 4 rings (SSSR count). The van der Waals surface area contributed by atoms with Crippen molar-refractivity contribution >= 4 is 44.9 Å². The van der Waals surface area contributed by atoms with Gasteiger partial charge in [-0.15, -0.1) is 0 Å². The molecule has 0 amide bonds. The van der Waals surface area contributed by atoms with Crippen molar-refractivity contribution in [1.82, 2.24) is 14.5 Å². The molecule has 0 unspecified atom stereocenters. The van der Waals surface area contributed by atoms with Gasteiger partial charge >= 0.3 is 5.97 Å². The van der Waals surface area contributed by atoms with Crippen LogP contribution in [0.4, 0.5) is 5.13 Å². The Hall–Kier alpha value is -2.36. The van der Waals surface area contributed by atoms with Crippen LogP contribution in [0, 0.1) is 6.92 Å². The van der Waals surface area contributed by atoms with Crippen LogP contribution in [0.15, 0.2) is 17.1 Å². The molecule has 0 aromatic carbocycles. The van der Waals surface area contributed by atoms with Crippen LogP contribution in [0.1, 0.15) is 39.9 Å². The van der Waals surface area contributed by atoms with E-state index in [0.717, 1.165) is 23.9 Å². The van der Waals surface area contributed by atoms with E-state index in [1.54, 1.807) is 4.57 Å². The minimum absolute atomic E-state index is 0.0688. The second-order valence-electron chi connectivity index (χ2n) is 7.11. The molecule has 4 heterocycles. The largest absolute Gasteiger partial charge is 0.477 e. The fraction of sp³-hybridized carbons (Fsp3) is 0.421. The van der Waals surface area contributed by atoms with E-state index in [0.29, 0.717) is 34.5 Å². The van der Waals surface area contributed by atoms with Crippen molar-refractivity contribution in [2.45, 2.75) is 32.4 Å². The highest BCUT2D eigenvalue weighted by atomic mass is 35.5. The van der Waals surface area contributed by atoms with Gasteiger partial charge in [0.1, 0.15) is 10.4 Å². The molecule has 0 aliphatic carbocycles. The number of aromatic amines is 1. The van der Waals surface area contributed by atoms with Gasteiger partial charge in [-0.25, -0.2) is 9.78 Å². The van der Waals surface area contributed by atoms with Gasteiger partial charge in [-0.3, -0.25) is 4.79 Å².